The predicted molar refractivity (Wildman–Crippen MR) is 80.4 cm³/mol. The molecule has 1 fully saturated rings. The van der Waals surface area contributed by atoms with E-state index in [1.54, 1.807) is 13.2 Å². The lowest BCUT2D eigenvalue weighted by atomic mass is 9.81. The van der Waals surface area contributed by atoms with Gasteiger partial charge in [0.1, 0.15) is 0 Å². The summed E-state index contributed by atoms with van der Waals surface area (Å²) in [7, 11) is 3.15. The van der Waals surface area contributed by atoms with Gasteiger partial charge in [0.05, 0.1) is 19.3 Å². The summed E-state index contributed by atoms with van der Waals surface area (Å²) in [6.45, 7) is 0. The van der Waals surface area contributed by atoms with Gasteiger partial charge in [-0.1, -0.05) is 25.3 Å². The molecule has 21 heavy (non-hydrogen) atoms. The van der Waals surface area contributed by atoms with E-state index in [0.29, 0.717) is 5.92 Å². The van der Waals surface area contributed by atoms with Crippen molar-refractivity contribution in [3.05, 3.63) is 29.6 Å². The highest BCUT2D eigenvalue weighted by Crippen LogP contribution is 2.34. The predicted octanol–water partition coefficient (Wildman–Crippen LogP) is 2.93. The minimum Gasteiger partial charge on any atom is -0.494 e. The van der Waals surface area contributed by atoms with E-state index < -0.39 is 0 Å². The number of hydrogen-bond acceptors (Lipinski definition) is 4. The Labute approximate surface area is 125 Å². The quantitative estimate of drug-likeness (QED) is 0.626. The Balaban J connectivity index is 2.21. The van der Waals surface area contributed by atoms with Crippen LogP contribution in [-0.4, -0.2) is 20.3 Å². The number of rotatable bonds is 6. The third-order valence-electron chi connectivity index (χ3n) is 4.43. The van der Waals surface area contributed by atoms with Gasteiger partial charge in [-0.3, -0.25) is 11.3 Å². The average Bonchev–Trinajstić information content (AvgIpc) is 2.53. The lowest BCUT2D eigenvalue weighted by Gasteiger charge is -2.34. The molecule has 0 radical (unpaired) electrons. The molecule has 118 valence electrons. The van der Waals surface area contributed by atoms with Gasteiger partial charge in [0.25, 0.3) is 0 Å². The molecule has 3 N–H and O–H groups in total. The van der Waals surface area contributed by atoms with Crippen molar-refractivity contribution in [2.24, 2.45) is 11.8 Å². The van der Waals surface area contributed by atoms with Gasteiger partial charge in [-0.25, -0.2) is 4.39 Å². The first-order valence-electron chi connectivity index (χ1n) is 7.53. The summed E-state index contributed by atoms with van der Waals surface area (Å²) in [5.41, 5.74) is 3.58. The van der Waals surface area contributed by atoms with Crippen LogP contribution in [-0.2, 0) is 4.74 Å². The molecule has 1 aliphatic rings. The average molecular weight is 296 g/mol. The van der Waals surface area contributed by atoms with Gasteiger partial charge in [-0.2, -0.15) is 0 Å². The van der Waals surface area contributed by atoms with Crippen LogP contribution in [0.1, 0.15) is 43.7 Å². The maximum atomic E-state index is 13.9. The monoisotopic (exact) mass is 296 g/mol. The molecular weight excluding hydrogens is 271 g/mol. The first-order chi connectivity index (χ1) is 10.2. The smallest absolute Gasteiger partial charge is 0.165 e. The fourth-order valence-electron chi connectivity index (χ4n) is 3.32. The summed E-state index contributed by atoms with van der Waals surface area (Å²) in [5.74, 6) is 6.03. The molecule has 0 spiro atoms. The second-order valence-corrected chi connectivity index (χ2v) is 5.64. The SMILES string of the molecule is COc1ccc(C(NN)C(OC)C2CCCCC2)cc1F. The van der Waals surface area contributed by atoms with Crippen molar-refractivity contribution < 1.29 is 13.9 Å². The topological polar surface area (TPSA) is 56.5 Å². The largest absolute Gasteiger partial charge is 0.494 e. The molecule has 4 nitrogen and oxygen atoms in total. The van der Waals surface area contributed by atoms with Gasteiger partial charge in [-0.05, 0) is 36.5 Å². The maximum absolute atomic E-state index is 13.9. The molecule has 2 rings (SSSR count). The Kier molecular flexibility index (Phi) is 5.96. The van der Waals surface area contributed by atoms with Crippen LogP contribution in [0.2, 0.25) is 0 Å². The fraction of sp³-hybridized carbons (Fsp3) is 0.625. The summed E-state index contributed by atoms with van der Waals surface area (Å²) in [5, 5.41) is 0. The molecule has 5 heteroatoms. The molecule has 1 aromatic carbocycles. The second-order valence-electron chi connectivity index (χ2n) is 5.64. The number of benzene rings is 1. The minimum absolute atomic E-state index is 0.0527. The van der Waals surface area contributed by atoms with Crippen LogP contribution < -0.4 is 16.0 Å². The van der Waals surface area contributed by atoms with Gasteiger partial charge in [0.2, 0.25) is 0 Å². The number of ether oxygens (including phenoxy) is 2. The number of methoxy groups -OCH3 is 2. The van der Waals surface area contributed by atoms with Crippen LogP contribution in [0.15, 0.2) is 18.2 Å². The van der Waals surface area contributed by atoms with Gasteiger partial charge in [0.15, 0.2) is 11.6 Å². The molecule has 1 aliphatic carbocycles. The summed E-state index contributed by atoms with van der Waals surface area (Å²) < 4.78 is 24.6. The highest BCUT2D eigenvalue weighted by atomic mass is 19.1. The number of nitrogens with one attached hydrogen (secondary N) is 1. The zero-order chi connectivity index (χ0) is 15.2. The molecule has 0 bridgehead atoms. The summed E-state index contributed by atoms with van der Waals surface area (Å²) >= 11 is 0. The van der Waals surface area contributed by atoms with Crippen molar-refractivity contribution in [2.75, 3.05) is 14.2 Å². The molecule has 0 aliphatic heterocycles. The van der Waals surface area contributed by atoms with Crippen molar-refractivity contribution in [2.45, 2.75) is 44.2 Å². The third kappa shape index (κ3) is 3.73. The first-order valence-corrected chi connectivity index (χ1v) is 7.53. The number of hydrogen-bond donors (Lipinski definition) is 2. The third-order valence-corrected chi connectivity index (χ3v) is 4.43. The Morgan fingerprint density at radius 2 is 1.95 bits per heavy atom. The molecular formula is C16H25FN2O2. The lowest BCUT2D eigenvalue weighted by molar-refractivity contribution is 0.00742. The van der Waals surface area contributed by atoms with Crippen molar-refractivity contribution in [3.63, 3.8) is 0 Å². The van der Waals surface area contributed by atoms with Crippen molar-refractivity contribution >= 4 is 0 Å². The summed E-state index contributed by atoms with van der Waals surface area (Å²) in [6.07, 6.45) is 5.94. The van der Waals surface area contributed by atoms with Crippen LogP contribution in [0.25, 0.3) is 0 Å². The molecule has 1 saturated carbocycles. The molecule has 0 aromatic heterocycles. The van der Waals surface area contributed by atoms with Crippen LogP contribution in [0.4, 0.5) is 4.39 Å². The van der Waals surface area contributed by atoms with Crippen molar-refractivity contribution in [3.8, 4) is 5.75 Å². The molecule has 0 saturated heterocycles. The van der Waals surface area contributed by atoms with E-state index in [9.17, 15) is 4.39 Å². The van der Waals surface area contributed by atoms with E-state index in [0.717, 1.165) is 18.4 Å². The highest BCUT2D eigenvalue weighted by molar-refractivity contribution is 5.31. The van der Waals surface area contributed by atoms with Crippen LogP contribution >= 0.6 is 0 Å². The molecule has 0 heterocycles. The highest BCUT2D eigenvalue weighted by Gasteiger charge is 2.31. The van der Waals surface area contributed by atoms with E-state index in [4.69, 9.17) is 15.3 Å². The van der Waals surface area contributed by atoms with E-state index >= 15 is 0 Å². The summed E-state index contributed by atoms with van der Waals surface area (Å²) in [4.78, 5) is 0. The van der Waals surface area contributed by atoms with Gasteiger partial charge in [0, 0.05) is 7.11 Å². The Morgan fingerprint density at radius 1 is 1.24 bits per heavy atom. The Hall–Kier alpha value is -1.17. The van der Waals surface area contributed by atoms with Crippen LogP contribution in [0, 0.1) is 11.7 Å². The van der Waals surface area contributed by atoms with Gasteiger partial charge < -0.3 is 9.47 Å². The molecule has 2 unspecified atom stereocenters. The normalized spacial score (nSPS) is 19.2. The molecule has 0 amide bonds. The number of hydrazine groups is 1. The molecule has 2 atom stereocenters. The Bertz CT molecular complexity index is 450. The minimum atomic E-state index is -0.381. The van der Waals surface area contributed by atoms with Crippen LogP contribution in [0.3, 0.4) is 0 Å². The van der Waals surface area contributed by atoms with Crippen molar-refractivity contribution in [1.82, 2.24) is 5.43 Å². The zero-order valence-corrected chi connectivity index (χ0v) is 12.8. The number of halogens is 1. The van der Waals surface area contributed by atoms with E-state index in [-0.39, 0.29) is 23.7 Å². The van der Waals surface area contributed by atoms with E-state index in [1.807, 2.05) is 6.07 Å². The van der Waals surface area contributed by atoms with Crippen molar-refractivity contribution in [1.29, 1.82) is 0 Å². The Morgan fingerprint density at radius 3 is 2.48 bits per heavy atom. The first kappa shape index (κ1) is 16.2. The number of nitrogens with two attached hydrogens (primary N) is 1. The standard InChI is InChI=1S/C16H25FN2O2/c1-20-14-9-8-12(10-13(14)17)15(19-18)16(21-2)11-6-4-3-5-7-11/h8-11,15-16,19H,3-7,18H2,1-2H3. The fourth-order valence-corrected chi connectivity index (χ4v) is 3.32. The van der Waals surface area contributed by atoms with E-state index in [2.05, 4.69) is 5.43 Å². The lowest BCUT2D eigenvalue weighted by Crippen LogP contribution is -2.42. The van der Waals surface area contributed by atoms with Crippen LogP contribution in [0.5, 0.6) is 5.75 Å². The molecule has 1 aromatic rings. The van der Waals surface area contributed by atoms with Gasteiger partial charge in [-0.15, -0.1) is 0 Å². The zero-order valence-electron chi connectivity index (χ0n) is 12.8. The summed E-state index contributed by atoms with van der Waals surface area (Å²) in [6, 6.07) is 4.71. The van der Waals surface area contributed by atoms with Gasteiger partial charge >= 0.3 is 0 Å². The van der Waals surface area contributed by atoms with E-state index in [1.165, 1.54) is 32.4 Å². The maximum Gasteiger partial charge on any atom is 0.165 e. The second kappa shape index (κ2) is 7.73.